The first-order chi connectivity index (χ1) is 9.59. The van der Waals surface area contributed by atoms with Gasteiger partial charge in [0.2, 0.25) is 0 Å². The molecule has 3 heteroatoms. The minimum Gasteiger partial charge on any atom is -0.394 e. The summed E-state index contributed by atoms with van der Waals surface area (Å²) in [5, 5.41) is 13.3. The first-order valence-corrected chi connectivity index (χ1v) is 7.69. The molecule has 0 aromatic heterocycles. The van der Waals surface area contributed by atoms with Crippen molar-refractivity contribution in [2.24, 2.45) is 0 Å². The molecule has 114 valence electrons. The van der Waals surface area contributed by atoms with Crippen LogP contribution in [0.4, 0.5) is 0 Å². The highest BCUT2D eigenvalue weighted by molar-refractivity contribution is 5.24. The lowest BCUT2D eigenvalue weighted by Crippen LogP contribution is -2.47. The summed E-state index contributed by atoms with van der Waals surface area (Å²) in [5.74, 6) is 0. The molecule has 1 atom stereocenters. The molecule has 1 unspecified atom stereocenters. The molecule has 0 saturated carbocycles. The van der Waals surface area contributed by atoms with E-state index < -0.39 is 0 Å². The van der Waals surface area contributed by atoms with Crippen LogP contribution in [-0.4, -0.2) is 42.8 Å². The van der Waals surface area contributed by atoms with Crippen molar-refractivity contribution in [1.29, 1.82) is 0 Å². The van der Waals surface area contributed by atoms with Gasteiger partial charge in [-0.05, 0) is 45.8 Å². The van der Waals surface area contributed by atoms with Gasteiger partial charge in [0.15, 0.2) is 0 Å². The van der Waals surface area contributed by atoms with E-state index in [1.54, 1.807) is 0 Å². The molecule has 20 heavy (non-hydrogen) atoms. The number of aliphatic hydroxyl groups is 1. The topological polar surface area (TPSA) is 35.5 Å². The highest BCUT2D eigenvalue weighted by atomic mass is 16.3. The van der Waals surface area contributed by atoms with Crippen LogP contribution in [0.1, 0.15) is 39.2 Å². The summed E-state index contributed by atoms with van der Waals surface area (Å²) in [6, 6.07) is 10.8. The second-order valence-electron chi connectivity index (χ2n) is 5.74. The zero-order valence-corrected chi connectivity index (χ0v) is 13.4. The van der Waals surface area contributed by atoms with E-state index in [2.05, 4.69) is 43.1 Å². The molecule has 0 amide bonds. The number of rotatable bonds is 9. The average Bonchev–Trinajstić information content (AvgIpc) is 2.48. The lowest BCUT2D eigenvalue weighted by molar-refractivity contribution is 0.128. The molecule has 1 rings (SSSR count). The van der Waals surface area contributed by atoms with Crippen LogP contribution >= 0.6 is 0 Å². The molecule has 1 aromatic rings. The van der Waals surface area contributed by atoms with Crippen molar-refractivity contribution >= 4 is 0 Å². The lowest BCUT2D eigenvalue weighted by atomic mass is 9.87. The molecule has 0 aliphatic carbocycles. The predicted octanol–water partition coefficient (Wildman–Crippen LogP) is 2.60. The molecule has 0 bridgehead atoms. The zero-order valence-electron chi connectivity index (χ0n) is 13.4. The van der Waals surface area contributed by atoms with Crippen LogP contribution in [0.5, 0.6) is 0 Å². The fourth-order valence-corrected chi connectivity index (χ4v) is 2.67. The summed E-state index contributed by atoms with van der Waals surface area (Å²) < 4.78 is 0. The van der Waals surface area contributed by atoms with Gasteiger partial charge in [0.1, 0.15) is 0 Å². The van der Waals surface area contributed by atoms with E-state index in [9.17, 15) is 5.11 Å². The van der Waals surface area contributed by atoms with E-state index in [-0.39, 0.29) is 12.1 Å². The van der Waals surface area contributed by atoms with Crippen LogP contribution in [0.3, 0.4) is 0 Å². The highest BCUT2D eigenvalue weighted by Gasteiger charge is 2.30. The second-order valence-corrected chi connectivity index (χ2v) is 5.74. The van der Waals surface area contributed by atoms with Crippen molar-refractivity contribution in [1.82, 2.24) is 10.2 Å². The number of likely N-dealkylation sites (N-methyl/N-ethyl adjacent to an activating group) is 1. The Bertz CT molecular complexity index is 361. The molecule has 0 aliphatic heterocycles. The third-order valence-corrected chi connectivity index (χ3v) is 4.14. The Morgan fingerprint density at radius 3 is 2.30 bits per heavy atom. The summed E-state index contributed by atoms with van der Waals surface area (Å²) in [5.41, 5.74) is 0.812. The largest absolute Gasteiger partial charge is 0.394 e. The third kappa shape index (κ3) is 4.30. The van der Waals surface area contributed by atoms with Crippen LogP contribution in [0, 0.1) is 0 Å². The highest BCUT2D eigenvalue weighted by Crippen LogP contribution is 2.25. The van der Waals surface area contributed by atoms with Crippen LogP contribution in [0.15, 0.2) is 30.3 Å². The summed E-state index contributed by atoms with van der Waals surface area (Å²) in [7, 11) is 1.93. The van der Waals surface area contributed by atoms with Crippen molar-refractivity contribution in [3.05, 3.63) is 35.9 Å². The van der Waals surface area contributed by atoms with E-state index in [0.29, 0.717) is 6.04 Å². The van der Waals surface area contributed by atoms with Crippen LogP contribution in [-0.2, 0) is 5.54 Å². The van der Waals surface area contributed by atoms with Crippen LogP contribution in [0.25, 0.3) is 0 Å². The molecule has 0 heterocycles. The summed E-state index contributed by atoms with van der Waals surface area (Å²) in [6.07, 6.45) is 2.07. The Morgan fingerprint density at radius 2 is 1.85 bits per heavy atom. The van der Waals surface area contributed by atoms with Gasteiger partial charge >= 0.3 is 0 Å². The van der Waals surface area contributed by atoms with Gasteiger partial charge in [0.05, 0.1) is 12.1 Å². The Kier molecular flexibility index (Phi) is 7.20. The van der Waals surface area contributed by atoms with Crippen molar-refractivity contribution in [2.75, 3.05) is 26.7 Å². The van der Waals surface area contributed by atoms with Crippen molar-refractivity contribution in [3.63, 3.8) is 0 Å². The minimum atomic E-state index is -0.345. The fraction of sp³-hybridized carbons (Fsp3) is 0.647. The SMILES string of the molecule is CCCN(CCC(CO)(NC)c1ccccc1)C(C)C. The zero-order chi connectivity index (χ0) is 15.0. The van der Waals surface area contributed by atoms with Crippen molar-refractivity contribution in [3.8, 4) is 0 Å². The number of hydrogen-bond donors (Lipinski definition) is 2. The van der Waals surface area contributed by atoms with Gasteiger partial charge in [-0.3, -0.25) is 0 Å². The number of aliphatic hydroxyl groups excluding tert-OH is 1. The molecule has 0 spiro atoms. The van der Waals surface area contributed by atoms with Crippen molar-refractivity contribution in [2.45, 2.75) is 45.2 Å². The normalized spacial score (nSPS) is 14.8. The van der Waals surface area contributed by atoms with E-state index in [1.807, 2.05) is 25.2 Å². The van der Waals surface area contributed by atoms with Crippen molar-refractivity contribution < 1.29 is 5.11 Å². The van der Waals surface area contributed by atoms with Crippen LogP contribution < -0.4 is 5.32 Å². The minimum absolute atomic E-state index is 0.117. The van der Waals surface area contributed by atoms with E-state index in [4.69, 9.17) is 0 Å². The summed E-state index contributed by atoms with van der Waals surface area (Å²) in [4.78, 5) is 2.48. The monoisotopic (exact) mass is 278 g/mol. The van der Waals surface area contributed by atoms with E-state index in [1.165, 1.54) is 0 Å². The molecule has 0 saturated heterocycles. The quantitative estimate of drug-likeness (QED) is 0.729. The number of nitrogens with one attached hydrogen (secondary N) is 1. The van der Waals surface area contributed by atoms with Gasteiger partial charge < -0.3 is 15.3 Å². The van der Waals surface area contributed by atoms with E-state index >= 15 is 0 Å². The Balaban J connectivity index is 2.82. The standard InChI is InChI=1S/C17H30N2O/c1-5-12-19(15(2)3)13-11-17(14-20,18-4)16-9-7-6-8-10-16/h6-10,15,18,20H,5,11-14H2,1-4H3. The average molecular weight is 278 g/mol. The van der Waals surface area contributed by atoms with Gasteiger partial charge in [-0.2, -0.15) is 0 Å². The summed E-state index contributed by atoms with van der Waals surface area (Å²) >= 11 is 0. The van der Waals surface area contributed by atoms with Gasteiger partial charge in [0.25, 0.3) is 0 Å². The van der Waals surface area contributed by atoms with Gasteiger partial charge in [-0.25, -0.2) is 0 Å². The fourth-order valence-electron chi connectivity index (χ4n) is 2.67. The summed E-state index contributed by atoms with van der Waals surface area (Å²) in [6.45, 7) is 8.89. The molecule has 1 aromatic carbocycles. The maximum Gasteiger partial charge on any atom is 0.0678 e. The second kappa shape index (κ2) is 8.40. The Morgan fingerprint density at radius 1 is 1.20 bits per heavy atom. The van der Waals surface area contributed by atoms with Gasteiger partial charge in [-0.15, -0.1) is 0 Å². The molecule has 2 N–H and O–H groups in total. The molecule has 3 nitrogen and oxygen atoms in total. The maximum atomic E-state index is 9.93. The molecular formula is C17H30N2O. The molecule has 0 fully saturated rings. The van der Waals surface area contributed by atoms with E-state index in [0.717, 1.165) is 31.5 Å². The molecular weight excluding hydrogens is 248 g/mol. The third-order valence-electron chi connectivity index (χ3n) is 4.14. The maximum absolute atomic E-state index is 9.93. The Hall–Kier alpha value is -0.900. The number of benzene rings is 1. The van der Waals surface area contributed by atoms with Gasteiger partial charge in [-0.1, -0.05) is 37.3 Å². The number of nitrogens with zero attached hydrogens (tertiary/aromatic N) is 1. The lowest BCUT2D eigenvalue weighted by Gasteiger charge is -2.36. The number of hydrogen-bond acceptors (Lipinski definition) is 3. The predicted molar refractivity (Wildman–Crippen MR) is 85.9 cm³/mol. The molecule has 0 radical (unpaired) electrons. The van der Waals surface area contributed by atoms with Gasteiger partial charge in [0, 0.05) is 12.6 Å². The molecule has 0 aliphatic rings. The Labute approximate surface area is 124 Å². The first kappa shape index (κ1) is 17.2. The van der Waals surface area contributed by atoms with Crippen LogP contribution in [0.2, 0.25) is 0 Å². The smallest absolute Gasteiger partial charge is 0.0678 e. The first-order valence-electron chi connectivity index (χ1n) is 7.69.